The number of carbonyl (C=O) groups is 1. The molecule has 1 atom stereocenters. The third-order valence-corrected chi connectivity index (χ3v) is 7.73. The number of carbonyl (C=O) groups excluding carboxylic acids is 1. The highest BCUT2D eigenvalue weighted by molar-refractivity contribution is 8.19. The largest absolute Gasteiger partial charge is 0.339 e. The van der Waals surface area contributed by atoms with Crippen molar-refractivity contribution in [2.45, 2.75) is 30.4 Å². The van der Waals surface area contributed by atoms with Crippen LogP contribution in [0.5, 0.6) is 0 Å². The molecule has 2 N–H and O–H groups in total. The van der Waals surface area contributed by atoms with E-state index in [0.29, 0.717) is 10.5 Å². The molecule has 1 amide bonds. The third kappa shape index (κ3) is 3.63. The second kappa shape index (κ2) is 7.28. The molecule has 0 radical (unpaired) electrons. The lowest BCUT2D eigenvalue weighted by Crippen LogP contribution is -2.42. The lowest BCUT2D eigenvalue weighted by molar-refractivity contribution is 0.0681. The summed E-state index contributed by atoms with van der Waals surface area (Å²) in [5.41, 5.74) is 8.12. The van der Waals surface area contributed by atoms with Gasteiger partial charge in [0.2, 0.25) is 0 Å². The normalized spacial score (nSPS) is 22.0. The van der Waals surface area contributed by atoms with Crippen LogP contribution < -0.4 is 5.73 Å². The summed E-state index contributed by atoms with van der Waals surface area (Å²) in [6, 6.07) is 8.47. The minimum atomic E-state index is 0.168. The zero-order chi connectivity index (χ0) is 15.5. The summed E-state index contributed by atoms with van der Waals surface area (Å²) in [5.74, 6) is 3.18. The number of nitrogens with zero attached hydrogens (tertiary/aromatic N) is 1. The number of benzene rings is 1. The molecule has 2 saturated heterocycles. The van der Waals surface area contributed by atoms with Gasteiger partial charge in [-0.25, -0.2) is 0 Å². The quantitative estimate of drug-likeness (QED) is 0.919. The van der Waals surface area contributed by atoms with Crippen LogP contribution >= 0.6 is 23.5 Å². The van der Waals surface area contributed by atoms with E-state index in [1.807, 2.05) is 40.6 Å². The molecule has 0 spiro atoms. The van der Waals surface area contributed by atoms with Gasteiger partial charge in [-0.2, -0.15) is 0 Å². The molecule has 120 valence electrons. The Morgan fingerprint density at radius 2 is 1.77 bits per heavy atom. The fourth-order valence-electron chi connectivity index (χ4n) is 3.14. The van der Waals surface area contributed by atoms with E-state index in [9.17, 15) is 4.79 Å². The molecule has 0 aromatic heterocycles. The molecule has 1 aromatic carbocycles. The second-order valence-corrected chi connectivity index (χ2v) is 8.91. The summed E-state index contributed by atoms with van der Waals surface area (Å²) in [4.78, 5) is 14.6. The van der Waals surface area contributed by atoms with Gasteiger partial charge in [0, 0.05) is 36.2 Å². The minimum absolute atomic E-state index is 0.168. The first-order valence-electron chi connectivity index (χ1n) is 8.03. The van der Waals surface area contributed by atoms with E-state index in [4.69, 9.17) is 5.73 Å². The molecule has 2 aliphatic rings. The van der Waals surface area contributed by atoms with Crippen molar-refractivity contribution in [1.29, 1.82) is 0 Å². The van der Waals surface area contributed by atoms with Crippen LogP contribution in [0.15, 0.2) is 24.3 Å². The molecule has 22 heavy (non-hydrogen) atoms. The summed E-state index contributed by atoms with van der Waals surface area (Å²) < 4.78 is 0.547. The number of thioether (sulfide) groups is 2. The molecule has 2 heterocycles. The summed E-state index contributed by atoms with van der Waals surface area (Å²) >= 11 is 3.99. The van der Waals surface area contributed by atoms with Crippen molar-refractivity contribution in [3.8, 4) is 0 Å². The van der Waals surface area contributed by atoms with Crippen molar-refractivity contribution in [3.05, 3.63) is 35.4 Å². The van der Waals surface area contributed by atoms with Gasteiger partial charge in [-0.1, -0.05) is 12.1 Å². The predicted octanol–water partition coefficient (Wildman–Crippen LogP) is 3.36. The summed E-state index contributed by atoms with van der Waals surface area (Å²) in [5, 5.41) is 0. The smallest absolute Gasteiger partial charge is 0.253 e. The van der Waals surface area contributed by atoms with E-state index in [1.54, 1.807) is 0 Å². The minimum Gasteiger partial charge on any atom is -0.339 e. The van der Waals surface area contributed by atoms with Crippen molar-refractivity contribution in [2.75, 3.05) is 24.6 Å². The van der Waals surface area contributed by atoms with E-state index >= 15 is 0 Å². The first-order valence-corrected chi connectivity index (χ1v) is 10.1. The first kappa shape index (κ1) is 16.2. The Labute approximate surface area is 141 Å². The van der Waals surface area contributed by atoms with Crippen LogP contribution in [-0.2, 0) is 0 Å². The Bertz CT molecular complexity index is 504. The van der Waals surface area contributed by atoms with Crippen molar-refractivity contribution in [2.24, 2.45) is 11.7 Å². The van der Waals surface area contributed by atoms with Crippen molar-refractivity contribution < 1.29 is 4.79 Å². The Morgan fingerprint density at radius 3 is 2.32 bits per heavy atom. The first-order chi connectivity index (χ1) is 10.6. The van der Waals surface area contributed by atoms with Gasteiger partial charge in [0.1, 0.15) is 0 Å². The van der Waals surface area contributed by atoms with E-state index in [1.165, 1.54) is 17.1 Å². The van der Waals surface area contributed by atoms with Crippen LogP contribution in [0.1, 0.15) is 40.3 Å². The maximum absolute atomic E-state index is 12.6. The van der Waals surface area contributed by atoms with Crippen LogP contribution in [0.4, 0.5) is 0 Å². The lowest BCUT2D eigenvalue weighted by atomic mass is 9.90. The summed E-state index contributed by atoms with van der Waals surface area (Å²) in [6.07, 6.45) is 2.05. The van der Waals surface area contributed by atoms with Gasteiger partial charge >= 0.3 is 0 Å². The zero-order valence-electron chi connectivity index (χ0n) is 13.0. The average molecular weight is 337 g/mol. The molecule has 0 saturated carbocycles. The zero-order valence-corrected chi connectivity index (χ0v) is 14.7. The topological polar surface area (TPSA) is 46.3 Å². The van der Waals surface area contributed by atoms with Crippen LogP contribution in [0, 0.1) is 5.92 Å². The highest BCUT2D eigenvalue weighted by Crippen LogP contribution is 2.45. The number of rotatable bonds is 3. The summed E-state index contributed by atoms with van der Waals surface area (Å²) in [6.45, 7) is 3.74. The number of amides is 1. The van der Waals surface area contributed by atoms with Crippen LogP contribution in [0.25, 0.3) is 0 Å². The van der Waals surface area contributed by atoms with E-state index in [0.717, 1.165) is 31.5 Å². The third-order valence-electron chi connectivity index (χ3n) is 4.62. The predicted molar refractivity (Wildman–Crippen MR) is 96.4 cm³/mol. The molecule has 2 aliphatic heterocycles. The molecule has 3 nitrogen and oxygen atoms in total. The fraction of sp³-hybridized carbons (Fsp3) is 0.588. The Balaban J connectivity index is 1.60. The molecule has 3 rings (SSSR count). The van der Waals surface area contributed by atoms with Gasteiger partial charge in [-0.05, 0) is 43.4 Å². The van der Waals surface area contributed by atoms with Gasteiger partial charge < -0.3 is 10.6 Å². The van der Waals surface area contributed by atoms with Crippen molar-refractivity contribution in [3.63, 3.8) is 0 Å². The molecule has 0 bridgehead atoms. The van der Waals surface area contributed by atoms with Crippen molar-refractivity contribution >= 4 is 29.4 Å². The van der Waals surface area contributed by atoms with Crippen LogP contribution in [-0.4, -0.2) is 41.4 Å². The number of piperidine rings is 1. The van der Waals surface area contributed by atoms with E-state index < -0.39 is 0 Å². The van der Waals surface area contributed by atoms with Crippen LogP contribution in [0.3, 0.4) is 0 Å². The Kier molecular flexibility index (Phi) is 5.37. The van der Waals surface area contributed by atoms with Gasteiger partial charge in [0.15, 0.2) is 0 Å². The molecule has 0 aliphatic carbocycles. The SMILES string of the molecule is CC(N)C1CCN(C(=O)c2ccc(C3SCCS3)cc2)CC1. The molecule has 1 unspecified atom stereocenters. The van der Waals surface area contributed by atoms with Gasteiger partial charge in [0.25, 0.3) is 5.91 Å². The monoisotopic (exact) mass is 336 g/mol. The molecular formula is C17H24N2OS2. The fourth-order valence-corrected chi connectivity index (χ4v) is 6.00. The molecule has 2 fully saturated rings. The molecule has 1 aromatic rings. The number of hydrogen-bond acceptors (Lipinski definition) is 4. The van der Waals surface area contributed by atoms with Gasteiger partial charge in [-0.15, -0.1) is 23.5 Å². The Morgan fingerprint density at radius 1 is 1.18 bits per heavy atom. The van der Waals surface area contributed by atoms with Gasteiger partial charge in [-0.3, -0.25) is 4.79 Å². The second-order valence-electron chi connectivity index (χ2n) is 6.18. The standard InChI is InChI=1S/C17H24N2OS2/c1-12(18)13-6-8-19(9-7-13)16(20)14-2-4-15(5-3-14)17-21-10-11-22-17/h2-5,12-13,17H,6-11,18H2,1H3. The Hall–Kier alpha value is -0.650. The number of hydrogen-bond donors (Lipinski definition) is 1. The highest BCUT2D eigenvalue weighted by Gasteiger charge is 2.25. The highest BCUT2D eigenvalue weighted by atomic mass is 32.2. The average Bonchev–Trinajstić information content (AvgIpc) is 3.09. The van der Waals surface area contributed by atoms with E-state index in [-0.39, 0.29) is 11.9 Å². The summed E-state index contributed by atoms with van der Waals surface area (Å²) in [7, 11) is 0. The van der Waals surface area contributed by atoms with Crippen LogP contribution in [0.2, 0.25) is 0 Å². The number of nitrogens with two attached hydrogens (primary N) is 1. The maximum atomic E-state index is 12.6. The number of likely N-dealkylation sites (tertiary alicyclic amines) is 1. The lowest BCUT2D eigenvalue weighted by Gasteiger charge is -2.33. The van der Waals surface area contributed by atoms with E-state index in [2.05, 4.69) is 19.1 Å². The van der Waals surface area contributed by atoms with Gasteiger partial charge in [0.05, 0.1) is 4.58 Å². The molecular weight excluding hydrogens is 312 g/mol. The molecule has 5 heteroatoms. The van der Waals surface area contributed by atoms with Crippen molar-refractivity contribution in [1.82, 2.24) is 4.90 Å². The maximum Gasteiger partial charge on any atom is 0.253 e.